The number of imide groups is 1. The highest BCUT2D eigenvalue weighted by Gasteiger charge is 2.39. The lowest BCUT2D eigenvalue weighted by Gasteiger charge is -2.18. The summed E-state index contributed by atoms with van der Waals surface area (Å²) in [6, 6.07) is 12.0. The summed E-state index contributed by atoms with van der Waals surface area (Å²) in [5.41, 5.74) is 2.23. The normalized spacial score (nSPS) is 16.9. The van der Waals surface area contributed by atoms with Crippen LogP contribution in [0.5, 0.6) is 11.5 Å². The van der Waals surface area contributed by atoms with Crippen LogP contribution in [0.4, 0.5) is 11.4 Å². The molecule has 6 heteroatoms. The Morgan fingerprint density at radius 1 is 1.08 bits per heavy atom. The number of hydrogen-bond donors (Lipinski definition) is 1. The molecule has 2 amide bonds. The van der Waals surface area contributed by atoms with E-state index >= 15 is 0 Å². The Morgan fingerprint density at radius 2 is 1.88 bits per heavy atom. The van der Waals surface area contributed by atoms with Crippen LogP contribution in [-0.4, -0.2) is 32.1 Å². The number of ether oxygens (including phenoxy) is 2. The van der Waals surface area contributed by atoms with Gasteiger partial charge >= 0.3 is 0 Å². The third-order valence-corrected chi connectivity index (χ3v) is 4.14. The molecule has 0 saturated carbocycles. The Hall–Kier alpha value is -3.02. The quantitative estimate of drug-likeness (QED) is 0.848. The van der Waals surface area contributed by atoms with Crippen molar-refractivity contribution in [3.8, 4) is 11.5 Å². The Morgan fingerprint density at radius 3 is 2.56 bits per heavy atom. The average Bonchev–Trinajstić information content (AvgIpc) is 2.88. The van der Waals surface area contributed by atoms with E-state index in [9.17, 15) is 9.59 Å². The van der Waals surface area contributed by atoms with Crippen molar-refractivity contribution in [1.82, 2.24) is 0 Å². The summed E-state index contributed by atoms with van der Waals surface area (Å²) < 4.78 is 10.5. The summed E-state index contributed by atoms with van der Waals surface area (Å²) in [6.45, 7) is 1.92. The van der Waals surface area contributed by atoms with Gasteiger partial charge in [0.15, 0.2) is 0 Å². The molecule has 3 rings (SSSR count). The van der Waals surface area contributed by atoms with Gasteiger partial charge in [-0.3, -0.25) is 9.59 Å². The molecule has 2 aromatic rings. The number of anilines is 2. The first-order valence-corrected chi connectivity index (χ1v) is 7.95. The van der Waals surface area contributed by atoms with Gasteiger partial charge in [-0.1, -0.05) is 12.1 Å². The molecule has 6 nitrogen and oxygen atoms in total. The summed E-state index contributed by atoms with van der Waals surface area (Å²) in [4.78, 5) is 26.3. The zero-order valence-electron chi connectivity index (χ0n) is 14.4. The van der Waals surface area contributed by atoms with E-state index in [4.69, 9.17) is 9.47 Å². The van der Waals surface area contributed by atoms with E-state index in [0.717, 1.165) is 5.56 Å². The van der Waals surface area contributed by atoms with Gasteiger partial charge in [-0.2, -0.15) is 0 Å². The lowest BCUT2D eigenvalue weighted by atomic mass is 10.2. The standard InChI is InChI=1S/C19H20N2O4/c1-12-5-4-6-13(9-12)21-18(22)11-16(19(21)23)20-15-8-7-14(24-2)10-17(15)25-3/h4-10,16,20H,11H2,1-3H3/t16-/m0/s1. The summed E-state index contributed by atoms with van der Waals surface area (Å²) in [6.07, 6.45) is 0.0992. The molecule has 0 bridgehead atoms. The van der Waals surface area contributed by atoms with Gasteiger partial charge in [0, 0.05) is 6.07 Å². The number of nitrogens with zero attached hydrogens (tertiary/aromatic N) is 1. The number of nitrogens with one attached hydrogen (secondary N) is 1. The average molecular weight is 340 g/mol. The van der Waals surface area contributed by atoms with Crippen LogP contribution < -0.4 is 19.7 Å². The molecule has 130 valence electrons. The van der Waals surface area contributed by atoms with E-state index < -0.39 is 6.04 Å². The zero-order chi connectivity index (χ0) is 18.0. The molecular formula is C19H20N2O4. The second kappa shape index (κ2) is 6.84. The van der Waals surface area contributed by atoms with Crippen LogP contribution in [-0.2, 0) is 9.59 Å². The Balaban J connectivity index is 1.83. The number of aryl methyl sites for hydroxylation is 1. The SMILES string of the molecule is COc1ccc(N[C@H]2CC(=O)N(c3cccc(C)c3)C2=O)c(OC)c1. The summed E-state index contributed by atoms with van der Waals surface area (Å²) in [5.74, 6) is 0.709. The van der Waals surface area contributed by atoms with E-state index in [1.54, 1.807) is 38.5 Å². The molecular weight excluding hydrogens is 320 g/mol. The first kappa shape index (κ1) is 16.8. The fourth-order valence-corrected chi connectivity index (χ4v) is 2.89. The van der Waals surface area contributed by atoms with E-state index in [0.29, 0.717) is 22.9 Å². The predicted molar refractivity (Wildman–Crippen MR) is 95.2 cm³/mol. The molecule has 0 unspecified atom stereocenters. The van der Waals surface area contributed by atoms with Crippen molar-refractivity contribution in [1.29, 1.82) is 0 Å². The van der Waals surface area contributed by atoms with Crippen molar-refractivity contribution in [2.45, 2.75) is 19.4 Å². The highest BCUT2D eigenvalue weighted by molar-refractivity contribution is 6.23. The number of carbonyl (C=O) groups excluding carboxylic acids is 2. The van der Waals surface area contributed by atoms with Gasteiger partial charge < -0.3 is 14.8 Å². The Labute approximate surface area is 146 Å². The fourth-order valence-electron chi connectivity index (χ4n) is 2.89. The van der Waals surface area contributed by atoms with Crippen molar-refractivity contribution < 1.29 is 19.1 Å². The second-order valence-electron chi connectivity index (χ2n) is 5.87. The van der Waals surface area contributed by atoms with Crippen LogP contribution in [0.3, 0.4) is 0 Å². The van der Waals surface area contributed by atoms with Crippen LogP contribution in [0.15, 0.2) is 42.5 Å². The molecule has 1 aliphatic heterocycles. The lowest BCUT2D eigenvalue weighted by Crippen LogP contribution is -2.34. The number of rotatable bonds is 5. The number of hydrogen-bond acceptors (Lipinski definition) is 5. The van der Waals surface area contributed by atoms with Crippen molar-refractivity contribution >= 4 is 23.2 Å². The zero-order valence-corrected chi connectivity index (χ0v) is 14.4. The van der Waals surface area contributed by atoms with Crippen LogP contribution >= 0.6 is 0 Å². The van der Waals surface area contributed by atoms with Crippen LogP contribution in [0.1, 0.15) is 12.0 Å². The van der Waals surface area contributed by atoms with E-state index in [1.807, 2.05) is 25.1 Å². The molecule has 1 atom stereocenters. The first-order chi connectivity index (χ1) is 12.0. The highest BCUT2D eigenvalue weighted by Crippen LogP contribution is 2.32. The molecule has 0 spiro atoms. The number of benzene rings is 2. The van der Waals surface area contributed by atoms with Crippen molar-refractivity contribution in [3.05, 3.63) is 48.0 Å². The maximum Gasteiger partial charge on any atom is 0.256 e. The lowest BCUT2D eigenvalue weighted by molar-refractivity contribution is -0.121. The van der Waals surface area contributed by atoms with Crippen molar-refractivity contribution in [3.63, 3.8) is 0 Å². The molecule has 1 N–H and O–H groups in total. The van der Waals surface area contributed by atoms with E-state index in [-0.39, 0.29) is 18.2 Å². The third-order valence-electron chi connectivity index (χ3n) is 4.14. The molecule has 0 aliphatic carbocycles. The molecule has 1 fully saturated rings. The maximum atomic E-state index is 12.7. The predicted octanol–water partition coefficient (Wildman–Crippen LogP) is 2.76. The number of methoxy groups -OCH3 is 2. The molecule has 25 heavy (non-hydrogen) atoms. The minimum absolute atomic E-state index is 0.0992. The number of amides is 2. The van der Waals surface area contributed by atoms with E-state index in [1.165, 1.54) is 4.90 Å². The van der Waals surface area contributed by atoms with Crippen LogP contribution in [0.2, 0.25) is 0 Å². The molecule has 0 radical (unpaired) electrons. The molecule has 0 aromatic heterocycles. The second-order valence-corrected chi connectivity index (χ2v) is 5.87. The number of carbonyl (C=O) groups is 2. The third kappa shape index (κ3) is 3.28. The molecule has 1 heterocycles. The van der Waals surface area contributed by atoms with Crippen LogP contribution in [0, 0.1) is 6.92 Å². The summed E-state index contributed by atoms with van der Waals surface area (Å²) in [5, 5.41) is 3.11. The van der Waals surface area contributed by atoms with E-state index in [2.05, 4.69) is 5.32 Å². The minimum atomic E-state index is -0.629. The summed E-state index contributed by atoms with van der Waals surface area (Å²) >= 11 is 0. The highest BCUT2D eigenvalue weighted by atomic mass is 16.5. The van der Waals surface area contributed by atoms with Crippen LogP contribution in [0.25, 0.3) is 0 Å². The minimum Gasteiger partial charge on any atom is -0.497 e. The monoisotopic (exact) mass is 340 g/mol. The maximum absolute atomic E-state index is 12.7. The van der Waals surface area contributed by atoms with Gasteiger partial charge in [0.25, 0.3) is 5.91 Å². The largest absolute Gasteiger partial charge is 0.497 e. The Kier molecular flexibility index (Phi) is 4.61. The van der Waals surface area contributed by atoms with Gasteiger partial charge in [0.05, 0.1) is 32.0 Å². The van der Waals surface area contributed by atoms with Gasteiger partial charge in [0.1, 0.15) is 17.5 Å². The smallest absolute Gasteiger partial charge is 0.256 e. The van der Waals surface area contributed by atoms with Gasteiger partial charge in [-0.25, -0.2) is 4.90 Å². The summed E-state index contributed by atoms with van der Waals surface area (Å²) in [7, 11) is 3.11. The van der Waals surface area contributed by atoms with Crippen molar-refractivity contribution in [2.75, 3.05) is 24.4 Å². The molecule has 1 aliphatic rings. The van der Waals surface area contributed by atoms with Gasteiger partial charge in [-0.05, 0) is 36.8 Å². The Bertz CT molecular complexity index is 819. The van der Waals surface area contributed by atoms with Gasteiger partial charge in [-0.15, -0.1) is 0 Å². The van der Waals surface area contributed by atoms with Gasteiger partial charge in [0.2, 0.25) is 5.91 Å². The van der Waals surface area contributed by atoms with Crippen molar-refractivity contribution in [2.24, 2.45) is 0 Å². The topological polar surface area (TPSA) is 67.9 Å². The molecule has 1 saturated heterocycles. The molecule has 2 aromatic carbocycles. The first-order valence-electron chi connectivity index (χ1n) is 7.95. The fraction of sp³-hybridized carbons (Fsp3) is 0.263.